The highest BCUT2D eigenvalue weighted by molar-refractivity contribution is 6.31. The molecule has 1 aromatic carbocycles. The van der Waals surface area contributed by atoms with Crippen molar-refractivity contribution >= 4 is 28.6 Å². The minimum absolute atomic E-state index is 0.00834. The number of halogens is 4. The second-order valence-electron chi connectivity index (χ2n) is 6.79. The molecule has 0 bridgehead atoms. The number of nitrogens with zero attached hydrogens (tertiary/aromatic N) is 3. The SMILES string of the molecule is Cc1nc2ccc(OCCCC(=O)O)cc2n1C(C)c1ncc(C(F)(F)F)cc1Cl. The molecule has 6 nitrogen and oxygen atoms in total. The number of aryl methyl sites for hydroxylation is 1. The summed E-state index contributed by atoms with van der Waals surface area (Å²) in [6, 6.07) is 5.64. The van der Waals surface area contributed by atoms with Gasteiger partial charge in [0, 0.05) is 18.7 Å². The molecule has 3 aromatic rings. The highest BCUT2D eigenvalue weighted by Gasteiger charge is 2.32. The molecule has 0 saturated heterocycles. The van der Waals surface area contributed by atoms with Crippen LogP contribution < -0.4 is 4.74 Å². The van der Waals surface area contributed by atoms with Gasteiger partial charge in [0.15, 0.2) is 0 Å². The van der Waals surface area contributed by atoms with Crippen LogP contribution in [-0.4, -0.2) is 32.2 Å². The molecule has 0 spiro atoms. The molecule has 0 aliphatic heterocycles. The molecule has 0 aliphatic carbocycles. The quantitative estimate of drug-likeness (QED) is 0.506. The number of ether oxygens (including phenoxy) is 1. The van der Waals surface area contributed by atoms with E-state index >= 15 is 0 Å². The van der Waals surface area contributed by atoms with Gasteiger partial charge in [0.2, 0.25) is 0 Å². The fraction of sp³-hybridized carbons (Fsp3) is 0.350. The average Bonchev–Trinajstić information content (AvgIpc) is 2.98. The van der Waals surface area contributed by atoms with E-state index in [1.54, 1.807) is 32.0 Å². The molecule has 2 heterocycles. The zero-order chi connectivity index (χ0) is 22.1. The molecule has 0 amide bonds. The first-order valence-corrected chi connectivity index (χ1v) is 9.51. The molecule has 0 saturated carbocycles. The predicted molar refractivity (Wildman–Crippen MR) is 105 cm³/mol. The van der Waals surface area contributed by atoms with E-state index in [0.717, 1.165) is 12.3 Å². The van der Waals surface area contributed by atoms with Crippen LogP contribution in [0, 0.1) is 6.92 Å². The minimum Gasteiger partial charge on any atom is -0.494 e. The molecule has 0 aliphatic rings. The lowest BCUT2D eigenvalue weighted by atomic mass is 10.1. The summed E-state index contributed by atoms with van der Waals surface area (Å²) in [5.74, 6) is 0.281. The highest BCUT2D eigenvalue weighted by Crippen LogP contribution is 2.35. The molecule has 1 N–H and O–H groups in total. The Bertz CT molecular complexity index is 1080. The number of rotatable bonds is 7. The van der Waals surface area contributed by atoms with Crippen LogP contribution >= 0.6 is 11.6 Å². The third-order valence-electron chi connectivity index (χ3n) is 4.62. The van der Waals surface area contributed by atoms with Gasteiger partial charge in [-0.2, -0.15) is 13.2 Å². The van der Waals surface area contributed by atoms with Crippen molar-refractivity contribution in [3.05, 3.63) is 52.6 Å². The van der Waals surface area contributed by atoms with Gasteiger partial charge in [0.25, 0.3) is 0 Å². The fourth-order valence-electron chi connectivity index (χ4n) is 3.22. The molecule has 0 fully saturated rings. The smallest absolute Gasteiger partial charge is 0.417 e. The molecular weight excluding hydrogens is 423 g/mol. The Hall–Kier alpha value is -2.81. The van der Waals surface area contributed by atoms with Crippen LogP contribution in [0.25, 0.3) is 11.0 Å². The number of aromatic nitrogens is 3. The molecule has 0 radical (unpaired) electrons. The van der Waals surface area contributed by atoms with E-state index in [2.05, 4.69) is 9.97 Å². The topological polar surface area (TPSA) is 77.2 Å². The number of hydrogen-bond donors (Lipinski definition) is 1. The summed E-state index contributed by atoms with van der Waals surface area (Å²) in [6.07, 6.45) is -3.38. The summed E-state index contributed by atoms with van der Waals surface area (Å²) >= 11 is 6.12. The number of carboxylic acids is 1. The number of alkyl halides is 3. The first-order valence-electron chi connectivity index (χ1n) is 9.13. The lowest BCUT2D eigenvalue weighted by Gasteiger charge is -2.18. The van der Waals surface area contributed by atoms with Gasteiger partial charge in [0.05, 0.1) is 40.0 Å². The van der Waals surface area contributed by atoms with Crippen molar-refractivity contribution in [2.75, 3.05) is 6.61 Å². The van der Waals surface area contributed by atoms with Gasteiger partial charge in [-0.15, -0.1) is 0 Å². The van der Waals surface area contributed by atoms with Crippen LogP contribution in [0.1, 0.15) is 42.9 Å². The fourth-order valence-corrected chi connectivity index (χ4v) is 3.54. The van der Waals surface area contributed by atoms with Crippen LogP contribution in [0.2, 0.25) is 5.02 Å². The lowest BCUT2D eigenvalue weighted by Crippen LogP contribution is -2.13. The van der Waals surface area contributed by atoms with Gasteiger partial charge in [-0.3, -0.25) is 9.78 Å². The number of fused-ring (bicyclic) bond motifs is 1. The second-order valence-corrected chi connectivity index (χ2v) is 7.20. The standard InChI is InChI=1S/C20H19ClF3N3O3/c1-11(19-15(21)8-13(10-25-19)20(22,23)24)27-12(2)26-16-6-5-14(9-17(16)27)30-7-3-4-18(28)29/h5-6,8-11H,3-4,7H2,1-2H3,(H,28,29). The average molecular weight is 442 g/mol. The Morgan fingerprint density at radius 1 is 1.33 bits per heavy atom. The third-order valence-corrected chi connectivity index (χ3v) is 4.92. The summed E-state index contributed by atoms with van der Waals surface area (Å²) in [4.78, 5) is 19.0. The summed E-state index contributed by atoms with van der Waals surface area (Å²) in [6.45, 7) is 3.80. The van der Waals surface area contributed by atoms with Crippen LogP contribution in [0.15, 0.2) is 30.5 Å². The van der Waals surface area contributed by atoms with Gasteiger partial charge in [-0.1, -0.05) is 11.6 Å². The summed E-state index contributed by atoms with van der Waals surface area (Å²) in [7, 11) is 0. The van der Waals surface area contributed by atoms with E-state index in [0.29, 0.717) is 34.7 Å². The zero-order valence-corrected chi connectivity index (χ0v) is 17.0. The van der Waals surface area contributed by atoms with Crippen molar-refractivity contribution in [3.8, 4) is 5.75 Å². The molecule has 160 valence electrons. The number of aliphatic carboxylic acids is 1. The molecule has 1 atom stereocenters. The normalized spacial score (nSPS) is 12.9. The minimum atomic E-state index is -4.52. The first kappa shape index (κ1) is 21.9. The molecular formula is C20H19ClF3N3O3. The molecule has 2 aromatic heterocycles. The van der Waals surface area contributed by atoms with Crippen LogP contribution in [-0.2, 0) is 11.0 Å². The van der Waals surface area contributed by atoms with E-state index in [-0.39, 0.29) is 18.1 Å². The number of hydrogen-bond acceptors (Lipinski definition) is 4. The highest BCUT2D eigenvalue weighted by atomic mass is 35.5. The van der Waals surface area contributed by atoms with E-state index in [1.165, 1.54) is 0 Å². The second kappa shape index (κ2) is 8.51. The van der Waals surface area contributed by atoms with E-state index in [4.69, 9.17) is 21.4 Å². The Kier molecular flexibility index (Phi) is 6.21. The van der Waals surface area contributed by atoms with Crippen molar-refractivity contribution in [3.63, 3.8) is 0 Å². The van der Waals surface area contributed by atoms with E-state index in [1.807, 2.05) is 4.57 Å². The van der Waals surface area contributed by atoms with Gasteiger partial charge in [0.1, 0.15) is 11.6 Å². The number of carbonyl (C=O) groups is 1. The van der Waals surface area contributed by atoms with Crippen molar-refractivity contribution in [2.45, 2.75) is 38.9 Å². The first-order chi connectivity index (χ1) is 14.1. The Morgan fingerprint density at radius 3 is 2.70 bits per heavy atom. The summed E-state index contributed by atoms with van der Waals surface area (Å²) in [5, 5.41) is 8.61. The maximum Gasteiger partial charge on any atom is 0.417 e. The maximum absolute atomic E-state index is 12.9. The van der Waals surface area contributed by atoms with Crippen molar-refractivity contribution < 1.29 is 27.8 Å². The number of carboxylic acid groups (broad SMARTS) is 1. The predicted octanol–water partition coefficient (Wildman–Crippen LogP) is 5.26. The monoisotopic (exact) mass is 441 g/mol. The molecule has 3 rings (SSSR count). The van der Waals surface area contributed by atoms with Crippen molar-refractivity contribution in [2.24, 2.45) is 0 Å². The lowest BCUT2D eigenvalue weighted by molar-refractivity contribution is -0.138. The molecule has 30 heavy (non-hydrogen) atoms. The van der Waals surface area contributed by atoms with Gasteiger partial charge in [-0.25, -0.2) is 4.98 Å². The molecule has 1 unspecified atom stereocenters. The van der Waals surface area contributed by atoms with E-state index < -0.39 is 23.8 Å². The van der Waals surface area contributed by atoms with Crippen LogP contribution in [0.4, 0.5) is 13.2 Å². The van der Waals surface area contributed by atoms with Crippen LogP contribution in [0.3, 0.4) is 0 Å². The van der Waals surface area contributed by atoms with Gasteiger partial charge >= 0.3 is 12.1 Å². The Morgan fingerprint density at radius 2 is 2.07 bits per heavy atom. The summed E-state index contributed by atoms with van der Waals surface area (Å²) in [5.41, 5.74) is 0.765. The van der Waals surface area contributed by atoms with Crippen LogP contribution in [0.5, 0.6) is 5.75 Å². The Labute approximate surface area is 175 Å². The summed E-state index contributed by atoms with van der Waals surface area (Å²) < 4.78 is 46.1. The Balaban J connectivity index is 1.92. The van der Waals surface area contributed by atoms with Gasteiger partial charge in [-0.05, 0) is 38.5 Å². The molecule has 10 heteroatoms. The maximum atomic E-state index is 12.9. The van der Waals surface area contributed by atoms with Gasteiger partial charge < -0.3 is 14.4 Å². The van der Waals surface area contributed by atoms with E-state index in [9.17, 15) is 18.0 Å². The number of benzene rings is 1. The van der Waals surface area contributed by atoms with Crippen molar-refractivity contribution in [1.29, 1.82) is 0 Å². The van der Waals surface area contributed by atoms with Crippen molar-refractivity contribution in [1.82, 2.24) is 14.5 Å². The number of pyridine rings is 1. The zero-order valence-electron chi connectivity index (χ0n) is 16.2. The largest absolute Gasteiger partial charge is 0.494 e. The third kappa shape index (κ3) is 4.67. The number of imidazole rings is 1.